The van der Waals surface area contributed by atoms with Gasteiger partial charge in [0.2, 0.25) is 0 Å². The summed E-state index contributed by atoms with van der Waals surface area (Å²) in [6.45, 7) is 31.1. The first-order chi connectivity index (χ1) is 49.7. The molecule has 0 N–H and O–H groups in total. The highest BCUT2D eigenvalue weighted by atomic mass is 35.5. The van der Waals surface area contributed by atoms with Gasteiger partial charge in [0.05, 0.1) is 125 Å². The van der Waals surface area contributed by atoms with Crippen molar-refractivity contribution in [1.82, 2.24) is 14.7 Å². The summed E-state index contributed by atoms with van der Waals surface area (Å²) in [4.78, 5) is 25.1. The summed E-state index contributed by atoms with van der Waals surface area (Å²) in [7, 11) is 0. The summed E-state index contributed by atoms with van der Waals surface area (Å²) in [5.74, 6) is 2.43. The maximum absolute atomic E-state index is 9.24. The average molecular weight is 1470 g/mol. The van der Waals surface area contributed by atoms with Gasteiger partial charge in [-0.05, 0) is 126 Å². The lowest BCUT2D eigenvalue weighted by atomic mass is 9.94. The van der Waals surface area contributed by atoms with Crippen LogP contribution in [0.4, 0.5) is 34.1 Å². The molecule has 0 spiro atoms. The fraction of sp³-hybridized carbons (Fsp3) is 0.259. The van der Waals surface area contributed by atoms with E-state index in [1.807, 2.05) is 127 Å². The number of hydrogen-bond donors (Lipinski definition) is 0. The summed E-state index contributed by atoms with van der Waals surface area (Å²) in [5.41, 5.74) is 13.1. The number of benzene rings is 9. The molecule has 0 aliphatic carbocycles. The van der Waals surface area contributed by atoms with Gasteiger partial charge in [0, 0.05) is 128 Å². The third kappa shape index (κ3) is 15.5. The Balaban J connectivity index is 0.000000137. The minimum atomic E-state index is 0.0604. The van der Waals surface area contributed by atoms with Gasteiger partial charge >= 0.3 is 0 Å². The molecule has 0 aromatic heterocycles. The SMILES string of the molecule is [C-]#[N+]c1ccc2c(c1)OCCC2N1CCN(c2ccc(C#N)cc2Cl)[C@H](c2ccc(Cl)cc2)C1.[C-]#[N+]c1ccc2c(c1)OCC[C@@H]2N1CCN(c2ccc(C#N)cc2Cl)[C@H](c2ccc(Cl)cc2)C1.[C-]#[N+]c1ccc2c(c1)OCC[C@H]2N1CCN(c2ccc(C#N)cc2Cl)[C@H](c2ccc(Cl)cc2)C1. The Labute approximate surface area is 624 Å². The van der Waals surface area contributed by atoms with E-state index in [-0.39, 0.29) is 36.3 Å². The number of hydrogen-bond acceptors (Lipinski definition) is 12. The largest absolute Gasteiger partial charge is 0.494 e. The van der Waals surface area contributed by atoms with Crippen molar-refractivity contribution in [3.63, 3.8) is 0 Å². The number of piperazine rings is 3. The molecule has 15 nitrogen and oxygen atoms in total. The van der Waals surface area contributed by atoms with Crippen LogP contribution in [0.15, 0.2) is 182 Å². The predicted octanol–water partition coefficient (Wildman–Crippen LogP) is 20.4. The third-order valence-corrected chi connectivity index (χ3v) is 21.5. The molecular formula is C81H66Cl6N12O3. The van der Waals surface area contributed by atoms with Crippen LogP contribution in [-0.4, -0.2) is 93.4 Å². The van der Waals surface area contributed by atoms with Gasteiger partial charge < -0.3 is 28.9 Å². The highest BCUT2D eigenvalue weighted by Crippen LogP contribution is 2.47. The van der Waals surface area contributed by atoms with Crippen molar-refractivity contribution in [1.29, 1.82) is 15.8 Å². The highest BCUT2D eigenvalue weighted by Gasteiger charge is 2.40. The molecule has 102 heavy (non-hydrogen) atoms. The summed E-state index contributed by atoms with van der Waals surface area (Å²) in [6.07, 6.45) is 2.69. The van der Waals surface area contributed by atoms with Crippen LogP contribution in [0.2, 0.25) is 30.1 Å². The van der Waals surface area contributed by atoms with E-state index in [4.69, 9.17) is 104 Å². The Bertz CT molecular complexity index is 4370. The van der Waals surface area contributed by atoms with Gasteiger partial charge in [-0.1, -0.05) is 142 Å². The van der Waals surface area contributed by atoms with Crippen LogP contribution in [0.5, 0.6) is 17.2 Å². The zero-order chi connectivity index (χ0) is 71.0. The first-order valence-electron chi connectivity index (χ1n) is 33.5. The Hall–Kier alpha value is -9.66. The van der Waals surface area contributed by atoms with Crippen molar-refractivity contribution in [3.05, 3.63) is 296 Å². The Morgan fingerprint density at radius 3 is 0.853 bits per heavy atom. The van der Waals surface area contributed by atoms with Crippen molar-refractivity contribution in [2.45, 2.75) is 55.5 Å². The highest BCUT2D eigenvalue weighted by molar-refractivity contribution is 6.34. The van der Waals surface area contributed by atoms with E-state index in [1.54, 1.807) is 18.2 Å². The monoisotopic (exact) mass is 1460 g/mol. The number of fused-ring (bicyclic) bond motifs is 3. The van der Waals surface area contributed by atoms with Crippen molar-refractivity contribution in [3.8, 4) is 35.5 Å². The quantitative estimate of drug-likeness (QED) is 0.127. The van der Waals surface area contributed by atoms with Gasteiger partial charge in [0.15, 0.2) is 17.1 Å². The second-order valence-electron chi connectivity index (χ2n) is 25.6. The molecule has 0 saturated carbocycles. The van der Waals surface area contributed by atoms with Gasteiger partial charge in [-0.15, -0.1) is 0 Å². The first kappa shape index (κ1) is 70.8. The van der Waals surface area contributed by atoms with E-state index in [0.717, 1.165) is 146 Å². The van der Waals surface area contributed by atoms with Crippen LogP contribution in [0.3, 0.4) is 0 Å². The fourth-order valence-corrected chi connectivity index (χ4v) is 16.1. The summed E-state index contributed by atoms with van der Waals surface area (Å²) >= 11 is 38.4. The van der Waals surface area contributed by atoms with E-state index >= 15 is 0 Å². The summed E-state index contributed by atoms with van der Waals surface area (Å²) in [5, 5.41) is 31.6. The lowest BCUT2D eigenvalue weighted by Crippen LogP contribution is -2.50. The topological polar surface area (TPSA) is 132 Å². The number of anilines is 3. The maximum atomic E-state index is 9.24. The molecule has 3 saturated heterocycles. The predicted molar refractivity (Wildman–Crippen MR) is 405 cm³/mol. The lowest BCUT2D eigenvalue weighted by molar-refractivity contribution is 0.117. The number of rotatable bonds is 9. The van der Waals surface area contributed by atoms with Crippen LogP contribution in [0.1, 0.15) is 106 Å². The minimum absolute atomic E-state index is 0.0604. The molecule has 0 amide bonds. The molecule has 0 radical (unpaired) electrons. The smallest absolute Gasteiger partial charge is 0.190 e. The third-order valence-electron chi connectivity index (χ3n) is 19.9. The second kappa shape index (κ2) is 32.1. The number of nitriles is 3. The molecule has 0 bridgehead atoms. The van der Waals surface area contributed by atoms with Gasteiger partial charge in [-0.3, -0.25) is 14.7 Å². The molecule has 9 aromatic rings. The van der Waals surface area contributed by atoms with Crippen LogP contribution < -0.4 is 28.9 Å². The Kier molecular flexibility index (Phi) is 22.3. The summed E-state index contributed by atoms with van der Waals surface area (Å²) < 4.78 is 17.7. The molecule has 6 heterocycles. The van der Waals surface area contributed by atoms with Crippen molar-refractivity contribution in [2.75, 3.05) is 93.4 Å². The van der Waals surface area contributed by atoms with Crippen molar-refractivity contribution < 1.29 is 14.2 Å². The van der Waals surface area contributed by atoms with Gasteiger partial charge in [0.25, 0.3) is 0 Å². The molecule has 6 aliphatic heterocycles. The van der Waals surface area contributed by atoms with Crippen molar-refractivity contribution in [2.24, 2.45) is 0 Å². The van der Waals surface area contributed by atoms with Crippen LogP contribution in [0, 0.1) is 53.7 Å². The number of ether oxygens (including phenoxy) is 3. The van der Waals surface area contributed by atoms with E-state index in [1.165, 1.54) is 0 Å². The van der Waals surface area contributed by atoms with Crippen LogP contribution in [-0.2, 0) is 0 Å². The molecule has 6 atom stereocenters. The normalized spacial score (nSPS) is 20.1. The van der Waals surface area contributed by atoms with Gasteiger partial charge in [-0.25, -0.2) is 14.5 Å². The van der Waals surface area contributed by atoms with E-state index in [9.17, 15) is 15.8 Å². The number of halogens is 6. The molecule has 3 fully saturated rings. The molecule has 510 valence electrons. The van der Waals surface area contributed by atoms with E-state index in [0.29, 0.717) is 83.7 Å². The molecule has 6 aliphatic rings. The molecule has 1 unspecified atom stereocenters. The lowest BCUT2D eigenvalue weighted by Gasteiger charge is -2.47. The van der Waals surface area contributed by atoms with E-state index < -0.39 is 0 Å². The van der Waals surface area contributed by atoms with Crippen molar-refractivity contribution >= 4 is 104 Å². The molecular weight excluding hydrogens is 1400 g/mol. The van der Waals surface area contributed by atoms with Crippen LogP contribution >= 0.6 is 69.6 Å². The Morgan fingerprint density at radius 2 is 0.608 bits per heavy atom. The summed E-state index contributed by atoms with van der Waals surface area (Å²) in [6, 6.07) is 65.0. The molecule has 9 aromatic carbocycles. The van der Waals surface area contributed by atoms with E-state index in [2.05, 4.69) is 98.5 Å². The van der Waals surface area contributed by atoms with Crippen LogP contribution in [0.25, 0.3) is 14.5 Å². The number of nitrogens with zero attached hydrogens (tertiary/aromatic N) is 12. The zero-order valence-electron chi connectivity index (χ0n) is 55.3. The zero-order valence-corrected chi connectivity index (χ0v) is 59.8. The minimum Gasteiger partial charge on any atom is -0.494 e. The Morgan fingerprint density at radius 1 is 0.333 bits per heavy atom. The second-order valence-corrected chi connectivity index (χ2v) is 28.1. The standard InChI is InChI=1S/3C27H22Cl2N4O/c3*1-31-21-7-8-22-24(10-13-34-27(22)15-21)32-11-12-33(25-9-2-18(16-30)14-23(25)29)26(17-32)19-3-5-20(28)6-4-19/h3*2-9,14-15,24,26H,10-13,17H2/t24?,26-;24-,26+;24-,26-/m010/s1. The van der Waals surface area contributed by atoms with Gasteiger partial charge in [-0.2, -0.15) is 15.8 Å². The maximum Gasteiger partial charge on any atom is 0.190 e. The average Bonchev–Trinajstić information content (AvgIpc) is 0.781. The molecule has 15 rings (SSSR count). The molecule has 21 heteroatoms. The van der Waals surface area contributed by atoms with Gasteiger partial charge in [0.1, 0.15) is 17.2 Å². The first-order valence-corrected chi connectivity index (χ1v) is 35.8. The fourth-order valence-electron chi connectivity index (χ4n) is 14.9.